The van der Waals surface area contributed by atoms with Gasteiger partial charge in [0.25, 0.3) is 0 Å². The summed E-state index contributed by atoms with van der Waals surface area (Å²) in [5.74, 6) is -0.398. The molecule has 0 rings (SSSR count). The summed E-state index contributed by atoms with van der Waals surface area (Å²) in [6, 6.07) is 0. The van der Waals surface area contributed by atoms with E-state index >= 15 is 0 Å². The van der Waals surface area contributed by atoms with Crippen molar-refractivity contribution < 1.29 is 23.8 Å². The summed E-state index contributed by atoms with van der Waals surface area (Å²) in [6.07, 6.45) is 65.5. The van der Waals surface area contributed by atoms with Crippen molar-refractivity contribution in [3.63, 3.8) is 0 Å². The zero-order valence-corrected chi connectivity index (χ0v) is 41.6. The third-order valence-corrected chi connectivity index (χ3v) is 11.8. The molecule has 0 saturated heterocycles. The SMILES string of the molecule is CC/C=C\C/C=C\C/C=C\CCCCCCCCCC(=O)OCC(COCCCCCCCC/C=C\CCCC)OC(=O)CCCCCCCCCCCCCCCCCCC. The third kappa shape index (κ3) is 50.5. The summed E-state index contributed by atoms with van der Waals surface area (Å²) in [5, 5.41) is 0. The fraction of sp³-hybridized carbons (Fsp3) is 0.825. The number of ether oxygens (including phenoxy) is 3. The summed E-state index contributed by atoms with van der Waals surface area (Å²) < 4.78 is 17.4. The third-order valence-electron chi connectivity index (χ3n) is 11.8. The molecule has 0 bridgehead atoms. The minimum absolute atomic E-state index is 0.0809. The number of allylic oxidation sites excluding steroid dienone is 8. The van der Waals surface area contributed by atoms with E-state index in [1.165, 1.54) is 173 Å². The highest BCUT2D eigenvalue weighted by atomic mass is 16.6. The van der Waals surface area contributed by atoms with Gasteiger partial charge in [-0.2, -0.15) is 0 Å². The maximum Gasteiger partial charge on any atom is 0.306 e. The first-order chi connectivity index (χ1) is 30.6. The summed E-state index contributed by atoms with van der Waals surface area (Å²) in [4.78, 5) is 25.4. The number of hydrogen-bond donors (Lipinski definition) is 0. The number of carbonyl (C=O) groups is 2. The van der Waals surface area contributed by atoms with Crippen molar-refractivity contribution in [2.75, 3.05) is 19.8 Å². The van der Waals surface area contributed by atoms with Crippen LogP contribution in [0.15, 0.2) is 48.6 Å². The average Bonchev–Trinajstić information content (AvgIpc) is 3.27. The van der Waals surface area contributed by atoms with Crippen LogP contribution >= 0.6 is 0 Å². The van der Waals surface area contributed by atoms with E-state index in [0.717, 1.165) is 70.6 Å². The fourth-order valence-corrected chi connectivity index (χ4v) is 7.80. The highest BCUT2D eigenvalue weighted by molar-refractivity contribution is 5.70. The lowest BCUT2D eigenvalue weighted by molar-refractivity contribution is -0.163. The molecule has 0 spiro atoms. The van der Waals surface area contributed by atoms with Crippen molar-refractivity contribution in [3.05, 3.63) is 48.6 Å². The Hall–Kier alpha value is -2.14. The summed E-state index contributed by atoms with van der Waals surface area (Å²) in [6.45, 7) is 7.71. The Labute approximate surface area is 386 Å². The van der Waals surface area contributed by atoms with Gasteiger partial charge >= 0.3 is 11.9 Å². The topological polar surface area (TPSA) is 61.8 Å². The molecule has 0 aromatic rings. The molecule has 0 fully saturated rings. The van der Waals surface area contributed by atoms with Crippen LogP contribution in [0.1, 0.15) is 278 Å². The second-order valence-corrected chi connectivity index (χ2v) is 18.1. The van der Waals surface area contributed by atoms with Gasteiger partial charge in [0, 0.05) is 19.4 Å². The number of hydrogen-bond acceptors (Lipinski definition) is 5. The lowest BCUT2D eigenvalue weighted by atomic mass is 10.0. The molecule has 5 nitrogen and oxygen atoms in total. The van der Waals surface area contributed by atoms with Gasteiger partial charge in [-0.15, -0.1) is 0 Å². The van der Waals surface area contributed by atoms with Crippen molar-refractivity contribution in [1.82, 2.24) is 0 Å². The quantitative estimate of drug-likeness (QED) is 0.0346. The molecule has 1 atom stereocenters. The van der Waals surface area contributed by atoms with Gasteiger partial charge < -0.3 is 14.2 Å². The smallest absolute Gasteiger partial charge is 0.306 e. The summed E-state index contributed by atoms with van der Waals surface area (Å²) in [5.41, 5.74) is 0. The molecule has 0 heterocycles. The van der Waals surface area contributed by atoms with Gasteiger partial charge in [-0.3, -0.25) is 9.59 Å². The second kappa shape index (κ2) is 53.2. The molecule has 0 amide bonds. The zero-order chi connectivity index (χ0) is 44.9. The molecule has 0 aliphatic rings. The van der Waals surface area contributed by atoms with Gasteiger partial charge in [0.2, 0.25) is 0 Å². The predicted molar refractivity (Wildman–Crippen MR) is 270 cm³/mol. The maximum atomic E-state index is 12.8. The van der Waals surface area contributed by atoms with Crippen LogP contribution in [0.5, 0.6) is 0 Å². The molecule has 0 aliphatic carbocycles. The largest absolute Gasteiger partial charge is 0.462 e. The van der Waals surface area contributed by atoms with Gasteiger partial charge in [0.1, 0.15) is 6.61 Å². The van der Waals surface area contributed by atoms with Crippen LogP contribution in [0, 0.1) is 0 Å². The van der Waals surface area contributed by atoms with Crippen LogP contribution < -0.4 is 0 Å². The first-order valence-electron chi connectivity index (χ1n) is 27.2. The molecule has 0 N–H and O–H groups in total. The van der Waals surface area contributed by atoms with Crippen LogP contribution in [0.25, 0.3) is 0 Å². The van der Waals surface area contributed by atoms with Gasteiger partial charge in [0.05, 0.1) is 6.61 Å². The molecule has 1 unspecified atom stereocenters. The molecule has 62 heavy (non-hydrogen) atoms. The Morgan fingerprint density at radius 1 is 0.371 bits per heavy atom. The van der Waals surface area contributed by atoms with E-state index in [0.29, 0.717) is 19.4 Å². The van der Waals surface area contributed by atoms with E-state index in [4.69, 9.17) is 14.2 Å². The average molecular weight is 869 g/mol. The Kier molecular flexibility index (Phi) is 51.4. The highest BCUT2D eigenvalue weighted by Gasteiger charge is 2.17. The van der Waals surface area contributed by atoms with Crippen molar-refractivity contribution in [2.45, 2.75) is 284 Å². The molecule has 0 aliphatic heterocycles. The van der Waals surface area contributed by atoms with Crippen molar-refractivity contribution in [2.24, 2.45) is 0 Å². The van der Waals surface area contributed by atoms with Gasteiger partial charge in [0.15, 0.2) is 6.10 Å². The first-order valence-corrected chi connectivity index (χ1v) is 27.2. The minimum Gasteiger partial charge on any atom is -0.462 e. The predicted octanol–water partition coefficient (Wildman–Crippen LogP) is 18.3. The van der Waals surface area contributed by atoms with Crippen molar-refractivity contribution in [3.8, 4) is 0 Å². The Balaban J connectivity index is 4.23. The molecule has 0 radical (unpaired) electrons. The maximum absolute atomic E-state index is 12.8. The van der Waals surface area contributed by atoms with E-state index < -0.39 is 6.10 Å². The number of esters is 2. The van der Waals surface area contributed by atoms with Crippen LogP contribution in [-0.4, -0.2) is 37.9 Å². The van der Waals surface area contributed by atoms with Crippen molar-refractivity contribution in [1.29, 1.82) is 0 Å². The lowest BCUT2D eigenvalue weighted by Gasteiger charge is -2.18. The Morgan fingerprint density at radius 2 is 0.742 bits per heavy atom. The van der Waals surface area contributed by atoms with E-state index in [1.807, 2.05) is 0 Å². The molecule has 5 heteroatoms. The van der Waals surface area contributed by atoms with Crippen molar-refractivity contribution >= 4 is 11.9 Å². The minimum atomic E-state index is -0.540. The van der Waals surface area contributed by atoms with E-state index in [2.05, 4.69) is 69.4 Å². The standard InChI is InChI=1S/C57H104O5/c1-4-7-10-13-16-19-22-25-27-29-31-33-35-38-41-44-47-50-56(58)61-54-55(53-60-52-49-46-43-40-37-24-21-18-15-12-9-6-3)62-57(59)51-48-45-42-39-36-34-32-30-28-26-23-20-17-14-11-8-5-2/h7,10,15-16,18-19,25,27,55H,4-6,8-9,11-14,17,20-24,26,28-54H2,1-3H3/b10-7-,18-15-,19-16-,27-25-. The first kappa shape index (κ1) is 59.9. The number of rotatable bonds is 50. The summed E-state index contributed by atoms with van der Waals surface area (Å²) >= 11 is 0. The summed E-state index contributed by atoms with van der Waals surface area (Å²) in [7, 11) is 0. The van der Waals surface area contributed by atoms with E-state index in [1.54, 1.807) is 0 Å². The monoisotopic (exact) mass is 869 g/mol. The second-order valence-electron chi connectivity index (χ2n) is 18.1. The van der Waals surface area contributed by atoms with Gasteiger partial charge in [-0.25, -0.2) is 0 Å². The van der Waals surface area contributed by atoms with E-state index in [-0.39, 0.29) is 25.2 Å². The Morgan fingerprint density at radius 3 is 1.23 bits per heavy atom. The normalized spacial score (nSPS) is 12.5. The molecular weight excluding hydrogens is 765 g/mol. The van der Waals surface area contributed by atoms with E-state index in [9.17, 15) is 9.59 Å². The lowest BCUT2D eigenvalue weighted by Crippen LogP contribution is -2.30. The molecule has 0 aromatic heterocycles. The molecular formula is C57H104O5. The Bertz CT molecular complexity index is 1030. The van der Waals surface area contributed by atoms with Gasteiger partial charge in [-0.1, -0.05) is 243 Å². The van der Waals surface area contributed by atoms with Gasteiger partial charge in [-0.05, 0) is 70.6 Å². The zero-order valence-electron chi connectivity index (χ0n) is 41.6. The number of carbonyl (C=O) groups excluding carboxylic acids is 2. The van der Waals surface area contributed by atoms with Crippen LogP contribution in [-0.2, 0) is 23.8 Å². The van der Waals surface area contributed by atoms with Crippen LogP contribution in [0.2, 0.25) is 0 Å². The highest BCUT2D eigenvalue weighted by Crippen LogP contribution is 2.16. The van der Waals surface area contributed by atoms with Crippen LogP contribution in [0.4, 0.5) is 0 Å². The fourth-order valence-electron chi connectivity index (χ4n) is 7.80. The molecule has 0 aromatic carbocycles. The molecule has 0 saturated carbocycles. The number of unbranched alkanes of at least 4 members (excludes halogenated alkanes) is 31. The van der Waals surface area contributed by atoms with Crippen LogP contribution in [0.3, 0.4) is 0 Å². The molecule has 362 valence electrons.